The first-order valence-electron chi connectivity index (χ1n) is 4.20. The smallest absolute Gasteiger partial charge is 0.317 e. The molecule has 6 nitrogen and oxygen atoms in total. The third-order valence-electron chi connectivity index (χ3n) is 2.11. The van der Waals surface area contributed by atoms with Crippen molar-refractivity contribution in [2.24, 2.45) is 0 Å². The predicted octanol–water partition coefficient (Wildman–Crippen LogP) is 0.605. The molecule has 0 radical (unpaired) electrons. The van der Waals surface area contributed by atoms with Crippen LogP contribution in [0.2, 0.25) is 0 Å². The van der Waals surface area contributed by atoms with Crippen molar-refractivity contribution in [3.8, 4) is 11.5 Å². The molecule has 2 rings (SSSR count). The van der Waals surface area contributed by atoms with Crippen molar-refractivity contribution in [3.63, 3.8) is 0 Å². The van der Waals surface area contributed by atoms with E-state index in [1.165, 1.54) is 25.3 Å². The van der Waals surface area contributed by atoms with Crippen LogP contribution in [0.3, 0.4) is 0 Å². The van der Waals surface area contributed by atoms with Gasteiger partial charge >= 0.3 is 5.91 Å². The number of aromatic hydroxyl groups is 1. The quantitative estimate of drug-likeness (QED) is 0.665. The summed E-state index contributed by atoms with van der Waals surface area (Å²) in [6.45, 7) is 0. The summed E-state index contributed by atoms with van der Waals surface area (Å²) in [5, 5.41) is 18.4. The van der Waals surface area contributed by atoms with Crippen molar-refractivity contribution in [2.45, 2.75) is 6.10 Å². The highest BCUT2D eigenvalue weighted by Crippen LogP contribution is 2.35. The maximum absolute atomic E-state index is 11.4. The minimum Gasteiger partial charge on any atom is -0.508 e. The van der Waals surface area contributed by atoms with Crippen molar-refractivity contribution in [1.29, 1.82) is 0 Å². The molecule has 0 fully saturated rings. The summed E-state index contributed by atoms with van der Waals surface area (Å²) in [5.41, 5.74) is 0.464. The first-order valence-corrected chi connectivity index (χ1v) is 4.20. The molecule has 1 unspecified atom stereocenters. The van der Waals surface area contributed by atoms with Gasteiger partial charge in [-0.1, -0.05) is 0 Å². The van der Waals surface area contributed by atoms with Gasteiger partial charge in [0.2, 0.25) is 0 Å². The Hall–Kier alpha value is -1.79. The van der Waals surface area contributed by atoms with Gasteiger partial charge in [-0.3, -0.25) is 10.0 Å². The van der Waals surface area contributed by atoms with E-state index in [0.717, 1.165) is 0 Å². The number of benzene rings is 1. The van der Waals surface area contributed by atoms with Gasteiger partial charge < -0.3 is 14.7 Å². The summed E-state index contributed by atoms with van der Waals surface area (Å²) in [7, 11) is 1.35. The van der Waals surface area contributed by atoms with Crippen molar-refractivity contribution in [2.75, 3.05) is 7.11 Å². The van der Waals surface area contributed by atoms with E-state index >= 15 is 0 Å². The molecule has 1 aromatic carbocycles. The second-order valence-electron chi connectivity index (χ2n) is 3.04. The molecule has 1 aromatic rings. The molecule has 1 aliphatic heterocycles. The maximum atomic E-state index is 11.4. The number of hydroxylamine groups is 2. The Morgan fingerprint density at radius 2 is 2.27 bits per heavy atom. The molecule has 0 spiro atoms. The summed E-state index contributed by atoms with van der Waals surface area (Å²) >= 11 is 0. The monoisotopic (exact) mass is 211 g/mol. The highest BCUT2D eigenvalue weighted by atomic mass is 16.9. The average molecular weight is 211 g/mol. The molecule has 1 atom stereocenters. The Labute approximate surface area is 85.2 Å². The number of phenolic OH excluding ortho intramolecular Hbond substituents is 1. The van der Waals surface area contributed by atoms with Crippen LogP contribution < -0.4 is 4.84 Å². The number of phenols is 1. The van der Waals surface area contributed by atoms with E-state index in [1.807, 2.05) is 0 Å². The molecular weight excluding hydrogens is 202 g/mol. The van der Waals surface area contributed by atoms with Gasteiger partial charge in [0.1, 0.15) is 5.75 Å². The van der Waals surface area contributed by atoms with Gasteiger partial charge in [0.25, 0.3) is 0 Å². The molecule has 15 heavy (non-hydrogen) atoms. The van der Waals surface area contributed by atoms with Gasteiger partial charge in [0, 0.05) is 18.7 Å². The van der Waals surface area contributed by atoms with Crippen LogP contribution in [0, 0.1) is 0 Å². The first-order chi connectivity index (χ1) is 7.13. The van der Waals surface area contributed by atoms with Gasteiger partial charge in [-0.25, -0.2) is 0 Å². The topological polar surface area (TPSA) is 79.2 Å². The van der Waals surface area contributed by atoms with Crippen LogP contribution in [0.5, 0.6) is 11.5 Å². The van der Waals surface area contributed by atoms with Crippen LogP contribution in [0.25, 0.3) is 0 Å². The summed E-state index contributed by atoms with van der Waals surface area (Å²) in [4.78, 5) is 16.1. The Morgan fingerprint density at radius 3 is 2.93 bits per heavy atom. The number of hydrogen-bond acceptors (Lipinski definition) is 5. The fourth-order valence-electron chi connectivity index (χ4n) is 1.42. The molecule has 1 aliphatic rings. The van der Waals surface area contributed by atoms with Gasteiger partial charge in [0.15, 0.2) is 11.9 Å². The Morgan fingerprint density at radius 1 is 1.53 bits per heavy atom. The highest BCUT2D eigenvalue weighted by molar-refractivity contribution is 5.83. The van der Waals surface area contributed by atoms with E-state index in [4.69, 9.17) is 14.8 Å². The number of ether oxygens (including phenoxy) is 1. The third kappa shape index (κ3) is 1.49. The van der Waals surface area contributed by atoms with Crippen LogP contribution in [-0.4, -0.2) is 28.6 Å². The van der Waals surface area contributed by atoms with E-state index in [0.29, 0.717) is 5.56 Å². The number of fused-ring (bicyclic) bond motifs is 1. The molecule has 0 saturated carbocycles. The molecule has 0 aliphatic carbocycles. The van der Waals surface area contributed by atoms with E-state index in [9.17, 15) is 9.90 Å². The second-order valence-corrected chi connectivity index (χ2v) is 3.04. The lowest BCUT2D eigenvalue weighted by atomic mass is 10.1. The van der Waals surface area contributed by atoms with Gasteiger partial charge in [-0.05, 0) is 17.4 Å². The summed E-state index contributed by atoms with van der Waals surface area (Å²) in [6, 6.07) is 4.20. The number of nitrogens with zero attached hydrogens (tertiary/aromatic N) is 1. The standard InChI is InChI=1S/C9H9NO5/c1-14-8-6-3-2-5(11)4-7(6)15-10(13)9(8)12/h2-4,8,11,13H,1H3. The maximum Gasteiger partial charge on any atom is 0.317 e. The van der Waals surface area contributed by atoms with Crippen LogP contribution >= 0.6 is 0 Å². The van der Waals surface area contributed by atoms with Crippen molar-refractivity contribution in [1.82, 2.24) is 5.23 Å². The van der Waals surface area contributed by atoms with Gasteiger partial charge in [-0.15, -0.1) is 0 Å². The zero-order valence-electron chi connectivity index (χ0n) is 7.88. The Balaban J connectivity index is 2.49. The zero-order valence-corrected chi connectivity index (χ0v) is 7.88. The molecule has 0 bridgehead atoms. The van der Waals surface area contributed by atoms with Gasteiger partial charge in [0.05, 0.1) is 0 Å². The molecule has 1 amide bonds. The van der Waals surface area contributed by atoms with Crippen molar-refractivity contribution in [3.05, 3.63) is 23.8 Å². The minimum atomic E-state index is -0.917. The summed E-state index contributed by atoms with van der Waals surface area (Å²) in [6.07, 6.45) is -0.917. The largest absolute Gasteiger partial charge is 0.508 e. The lowest BCUT2D eigenvalue weighted by Gasteiger charge is -2.27. The number of hydrogen-bond donors (Lipinski definition) is 2. The van der Waals surface area contributed by atoms with Crippen LogP contribution in [0.15, 0.2) is 18.2 Å². The minimum absolute atomic E-state index is 0.0219. The van der Waals surface area contributed by atoms with Crippen LogP contribution in [0.1, 0.15) is 11.7 Å². The Kier molecular flexibility index (Phi) is 2.22. The molecule has 0 saturated heterocycles. The van der Waals surface area contributed by atoms with Crippen LogP contribution in [-0.2, 0) is 9.53 Å². The number of rotatable bonds is 1. The van der Waals surface area contributed by atoms with E-state index in [1.54, 1.807) is 0 Å². The normalized spacial score (nSPS) is 19.7. The van der Waals surface area contributed by atoms with E-state index < -0.39 is 12.0 Å². The van der Waals surface area contributed by atoms with E-state index in [-0.39, 0.29) is 16.7 Å². The predicted molar refractivity (Wildman–Crippen MR) is 47.1 cm³/mol. The van der Waals surface area contributed by atoms with Crippen LogP contribution in [0.4, 0.5) is 0 Å². The summed E-state index contributed by atoms with van der Waals surface area (Å²) in [5.74, 6) is -0.550. The number of amides is 1. The summed E-state index contributed by atoms with van der Waals surface area (Å²) < 4.78 is 4.93. The second kappa shape index (κ2) is 3.41. The third-order valence-corrected chi connectivity index (χ3v) is 2.11. The van der Waals surface area contributed by atoms with Crippen molar-refractivity contribution < 1.29 is 24.7 Å². The molecule has 2 N–H and O–H groups in total. The fourth-order valence-corrected chi connectivity index (χ4v) is 1.42. The highest BCUT2D eigenvalue weighted by Gasteiger charge is 2.35. The zero-order chi connectivity index (χ0) is 11.0. The molecule has 1 heterocycles. The number of carbonyl (C=O) groups excluding carboxylic acids is 1. The molecule has 6 heteroatoms. The number of methoxy groups -OCH3 is 1. The molecule has 0 aromatic heterocycles. The first kappa shape index (κ1) is 9.75. The van der Waals surface area contributed by atoms with E-state index in [2.05, 4.69) is 0 Å². The molecular formula is C9H9NO5. The van der Waals surface area contributed by atoms with Gasteiger partial charge in [-0.2, -0.15) is 0 Å². The fraction of sp³-hybridized carbons (Fsp3) is 0.222. The number of carbonyl (C=O) groups is 1. The molecule has 80 valence electrons. The lowest BCUT2D eigenvalue weighted by molar-refractivity contribution is -0.278. The SMILES string of the molecule is COC1C(=O)N(O)Oc2cc(O)ccc21. The Bertz CT molecular complexity index is 405. The lowest BCUT2D eigenvalue weighted by Crippen LogP contribution is -2.39. The average Bonchev–Trinajstić information content (AvgIpc) is 2.20. The van der Waals surface area contributed by atoms with Crippen molar-refractivity contribution >= 4 is 5.91 Å².